The lowest BCUT2D eigenvalue weighted by Gasteiger charge is -2.07. The van der Waals surface area contributed by atoms with Crippen LogP contribution in [0.5, 0.6) is 0 Å². The fraction of sp³-hybridized carbons (Fsp3) is 0.0714. The third kappa shape index (κ3) is 3.59. The van der Waals surface area contributed by atoms with Gasteiger partial charge in [0.15, 0.2) is 0 Å². The van der Waals surface area contributed by atoms with Crippen LogP contribution in [0.2, 0.25) is 0 Å². The Bertz CT molecular complexity index is 508. The lowest BCUT2D eigenvalue weighted by atomic mass is 10.2. The van der Waals surface area contributed by atoms with Gasteiger partial charge in [0, 0.05) is 24.6 Å². The minimum absolute atomic E-state index is 0.233. The van der Waals surface area contributed by atoms with Crippen LogP contribution in [0.3, 0.4) is 0 Å². The molecular weight excluding hydrogens is 226 g/mol. The summed E-state index contributed by atoms with van der Waals surface area (Å²) in [7, 11) is 0. The summed E-state index contributed by atoms with van der Waals surface area (Å²) in [6, 6.07) is 10.8. The summed E-state index contributed by atoms with van der Waals surface area (Å²) in [4.78, 5) is 15.5. The standard InChI is InChI=1S/C14H14N3O/c1-11-2-4-13(5-3-11)17-14(18)16-10-12-6-8-15-9-7-12/h2-9H,1,10H2,(H2,16,17,18). The molecule has 1 radical (unpaired) electrons. The monoisotopic (exact) mass is 240 g/mol. The molecule has 4 nitrogen and oxygen atoms in total. The van der Waals surface area contributed by atoms with Crippen molar-refractivity contribution in [2.24, 2.45) is 0 Å². The Balaban J connectivity index is 1.84. The Labute approximate surface area is 106 Å². The van der Waals surface area contributed by atoms with Crippen LogP contribution in [-0.2, 0) is 6.54 Å². The average Bonchev–Trinajstić information content (AvgIpc) is 2.40. The van der Waals surface area contributed by atoms with Crippen LogP contribution in [0.4, 0.5) is 10.5 Å². The number of urea groups is 1. The van der Waals surface area contributed by atoms with Gasteiger partial charge in [-0.1, -0.05) is 12.1 Å². The van der Waals surface area contributed by atoms with E-state index < -0.39 is 0 Å². The summed E-state index contributed by atoms with van der Waals surface area (Å²) in [6.45, 7) is 4.26. The van der Waals surface area contributed by atoms with Crippen molar-refractivity contribution in [3.05, 3.63) is 66.8 Å². The van der Waals surface area contributed by atoms with Crippen molar-refractivity contribution >= 4 is 11.7 Å². The molecule has 1 aromatic carbocycles. The van der Waals surface area contributed by atoms with Crippen LogP contribution >= 0.6 is 0 Å². The number of anilines is 1. The Morgan fingerprint density at radius 3 is 2.44 bits per heavy atom. The van der Waals surface area contributed by atoms with Crippen LogP contribution in [-0.4, -0.2) is 11.0 Å². The van der Waals surface area contributed by atoms with E-state index >= 15 is 0 Å². The molecule has 4 heteroatoms. The molecule has 2 aromatic rings. The molecule has 0 saturated carbocycles. The minimum Gasteiger partial charge on any atom is -0.334 e. The molecule has 0 fully saturated rings. The van der Waals surface area contributed by atoms with Crippen molar-refractivity contribution in [1.82, 2.24) is 10.3 Å². The van der Waals surface area contributed by atoms with Crippen LogP contribution in [0.1, 0.15) is 11.1 Å². The Morgan fingerprint density at radius 2 is 1.78 bits per heavy atom. The zero-order chi connectivity index (χ0) is 12.8. The molecule has 18 heavy (non-hydrogen) atoms. The van der Waals surface area contributed by atoms with Gasteiger partial charge in [0.25, 0.3) is 0 Å². The summed E-state index contributed by atoms with van der Waals surface area (Å²) in [5.41, 5.74) is 2.67. The summed E-state index contributed by atoms with van der Waals surface area (Å²) in [5.74, 6) is 0. The molecule has 0 aliphatic carbocycles. The molecule has 91 valence electrons. The van der Waals surface area contributed by atoms with E-state index in [1.807, 2.05) is 36.4 Å². The highest BCUT2D eigenvalue weighted by Crippen LogP contribution is 2.08. The third-order valence-electron chi connectivity index (χ3n) is 2.41. The number of carbonyl (C=O) groups excluding carboxylic acids is 1. The molecule has 0 spiro atoms. The first kappa shape index (κ1) is 12.1. The van der Waals surface area contributed by atoms with Crippen molar-refractivity contribution in [3.63, 3.8) is 0 Å². The maximum Gasteiger partial charge on any atom is 0.319 e. The predicted molar refractivity (Wildman–Crippen MR) is 71.0 cm³/mol. The highest BCUT2D eigenvalue weighted by atomic mass is 16.2. The Hall–Kier alpha value is -2.36. The van der Waals surface area contributed by atoms with Crippen molar-refractivity contribution in [2.45, 2.75) is 6.54 Å². The van der Waals surface area contributed by atoms with Crippen molar-refractivity contribution < 1.29 is 4.79 Å². The van der Waals surface area contributed by atoms with Crippen LogP contribution in [0.25, 0.3) is 0 Å². The number of hydrogen-bond donors (Lipinski definition) is 2. The first-order chi connectivity index (χ1) is 8.74. The number of carbonyl (C=O) groups is 1. The van der Waals surface area contributed by atoms with Gasteiger partial charge < -0.3 is 10.6 Å². The molecule has 2 N–H and O–H groups in total. The first-order valence-corrected chi connectivity index (χ1v) is 5.60. The van der Waals surface area contributed by atoms with E-state index in [0.29, 0.717) is 6.54 Å². The number of rotatable bonds is 3. The van der Waals surface area contributed by atoms with E-state index in [1.54, 1.807) is 12.4 Å². The van der Waals surface area contributed by atoms with Crippen molar-refractivity contribution in [3.8, 4) is 0 Å². The fourth-order valence-corrected chi connectivity index (χ4v) is 1.45. The van der Waals surface area contributed by atoms with E-state index in [9.17, 15) is 4.79 Å². The maximum atomic E-state index is 11.6. The van der Waals surface area contributed by atoms with E-state index in [0.717, 1.165) is 16.8 Å². The zero-order valence-corrected chi connectivity index (χ0v) is 9.89. The number of benzene rings is 1. The second-order valence-electron chi connectivity index (χ2n) is 3.86. The summed E-state index contributed by atoms with van der Waals surface area (Å²) in [6.07, 6.45) is 3.39. The lowest BCUT2D eigenvalue weighted by Crippen LogP contribution is -2.28. The summed E-state index contributed by atoms with van der Waals surface area (Å²) >= 11 is 0. The van der Waals surface area contributed by atoms with E-state index in [1.165, 1.54) is 0 Å². The SMILES string of the molecule is [CH2]c1ccc(NC(=O)NCc2ccncc2)cc1. The largest absolute Gasteiger partial charge is 0.334 e. The fourth-order valence-electron chi connectivity index (χ4n) is 1.45. The smallest absolute Gasteiger partial charge is 0.319 e. The quantitative estimate of drug-likeness (QED) is 0.866. The van der Waals surface area contributed by atoms with Crippen molar-refractivity contribution in [1.29, 1.82) is 0 Å². The maximum absolute atomic E-state index is 11.6. The van der Waals surface area contributed by atoms with Gasteiger partial charge in [0.2, 0.25) is 0 Å². The lowest BCUT2D eigenvalue weighted by molar-refractivity contribution is 0.251. The van der Waals surface area contributed by atoms with Crippen LogP contribution < -0.4 is 10.6 Å². The number of amides is 2. The van der Waals surface area contributed by atoms with Gasteiger partial charge in [-0.15, -0.1) is 0 Å². The van der Waals surface area contributed by atoms with Gasteiger partial charge >= 0.3 is 6.03 Å². The second-order valence-corrected chi connectivity index (χ2v) is 3.86. The van der Waals surface area contributed by atoms with E-state index in [-0.39, 0.29) is 6.03 Å². The summed E-state index contributed by atoms with van der Waals surface area (Å²) in [5, 5.41) is 5.51. The van der Waals surface area contributed by atoms with Gasteiger partial charge in [-0.2, -0.15) is 0 Å². The van der Waals surface area contributed by atoms with Crippen LogP contribution in [0.15, 0.2) is 48.8 Å². The van der Waals surface area contributed by atoms with Crippen molar-refractivity contribution in [2.75, 3.05) is 5.32 Å². The highest BCUT2D eigenvalue weighted by Gasteiger charge is 2.00. The Morgan fingerprint density at radius 1 is 1.11 bits per heavy atom. The van der Waals surface area contributed by atoms with Gasteiger partial charge in [-0.25, -0.2) is 4.79 Å². The molecule has 2 amide bonds. The van der Waals surface area contributed by atoms with E-state index in [4.69, 9.17) is 0 Å². The molecule has 0 aliphatic rings. The topological polar surface area (TPSA) is 54.0 Å². The summed E-state index contributed by atoms with van der Waals surface area (Å²) < 4.78 is 0. The van der Waals surface area contributed by atoms with Gasteiger partial charge in [-0.05, 0) is 42.3 Å². The van der Waals surface area contributed by atoms with Gasteiger partial charge in [0.05, 0.1) is 0 Å². The molecule has 0 saturated heterocycles. The number of pyridine rings is 1. The number of aromatic nitrogens is 1. The van der Waals surface area contributed by atoms with Gasteiger partial charge in [-0.3, -0.25) is 4.98 Å². The third-order valence-corrected chi connectivity index (χ3v) is 2.41. The number of hydrogen-bond acceptors (Lipinski definition) is 2. The number of nitrogens with zero attached hydrogens (tertiary/aromatic N) is 1. The number of nitrogens with one attached hydrogen (secondary N) is 2. The zero-order valence-electron chi connectivity index (χ0n) is 9.89. The molecule has 0 bridgehead atoms. The molecular formula is C14H14N3O. The predicted octanol–water partition coefficient (Wildman–Crippen LogP) is 2.59. The second kappa shape index (κ2) is 5.82. The average molecular weight is 240 g/mol. The molecule has 1 aromatic heterocycles. The highest BCUT2D eigenvalue weighted by molar-refractivity contribution is 5.89. The minimum atomic E-state index is -0.233. The van der Waals surface area contributed by atoms with Gasteiger partial charge in [0.1, 0.15) is 0 Å². The molecule has 0 aliphatic heterocycles. The molecule has 0 unspecified atom stereocenters. The molecule has 0 atom stereocenters. The first-order valence-electron chi connectivity index (χ1n) is 5.60. The molecule has 2 rings (SSSR count). The van der Waals surface area contributed by atoms with E-state index in [2.05, 4.69) is 22.5 Å². The Kier molecular flexibility index (Phi) is 3.91. The normalized spacial score (nSPS) is 9.83. The van der Waals surface area contributed by atoms with Crippen LogP contribution in [0, 0.1) is 6.92 Å². The molecule has 1 heterocycles.